The van der Waals surface area contributed by atoms with Crippen LogP contribution in [-0.2, 0) is 11.2 Å². The molecule has 1 aliphatic heterocycles. The van der Waals surface area contributed by atoms with Gasteiger partial charge in [0.05, 0.1) is 19.2 Å². The maximum Gasteiger partial charge on any atom is 0.271 e. The van der Waals surface area contributed by atoms with E-state index in [1.165, 1.54) is 10.2 Å². The van der Waals surface area contributed by atoms with Gasteiger partial charge < -0.3 is 14.5 Å². The summed E-state index contributed by atoms with van der Waals surface area (Å²) >= 11 is 0. The number of methoxy groups -OCH3 is 1. The Labute approximate surface area is 194 Å². The second kappa shape index (κ2) is 9.90. The molecule has 1 amide bonds. The average Bonchev–Trinajstić information content (AvgIpc) is 2.84. The van der Waals surface area contributed by atoms with Crippen molar-refractivity contribution in [2.24, 2.45) is 0 Å². The molecule has 1 aromatic heterocycles. The summed E-state index contributed by atoms with van der Waals surface area (Å²) in [6.07, 6.45) is 0.354. The van der Waals surface area contributed by atoms with Crippen LogP contribution in [-0.4, -0.2) is 53.9 Å². The fourth-order valence-electron chi connectivity index (χ4n) is 4.01. The fraction of sp³-hybridized carbons (Fsp3) is 0.346. The third-order valence-electron chi connectivity index (χ3n) is 6.04. The monoisotopic (exact) mass is 446 g/mol. The number of aromatic nitrogens is 2. The smallest absolute Gasteiger partial charge is 0.271 e. The van der Waals surface area contributed by atoms with E-state index >= 15 is 0 Å². The van der Waals surface area contributed by atoms with Crippen molar-refractivity contribution in [3.63, 3.8) is 0 Å². The number of rotatable bonds is 6. The molecule has 2 aromatic carbocycles. The maximum atomic E-state index is 12.8. The van der Waals surface area contributed by atoms with Crippen molar-refractivity contribution in [3.8, 4) is 11.4 Å². The van der Waals surface area contributed by atoms with Gasteiger partial charge in [0.1, 0.15) is 11.6 Å². The van der Waals surface area contributed by atoms with Crippen LogP contribution in [0.25, 0.3) is 5.69 Å². The van der Waals surface area contributed by atoms with Gasteiger partial charge in [-0.1, -0.05) is 38.1 Å². The van der Waals surface area contributed by atoms with E-state index in [4.69, 9.17) is 4.74 Å². The minimum Gasteiger partial charge on any atom is -0.497 e. The number of hydrogen-bond donors (Lipinski definition) is 0. The lowest BCUT2D eigenvalue weighted by molar-refractivity contribution is -0.130. The van der Waals surface area contributed by atoms with E-state index in [0.717, 1.165) is 22.8 Å². The first-order chi connectivity index (χ1) is 15.9. The highest BCUT2D eigenvalue weighted by atomic mass is 16.5. The van der Waals surface area contributed by atoms with Crippen LogP contribution in [0.15, 0.2) is 65.5 Å². The van der Waals surface area contributed by atoms with Gasteiger partial charge in [-0.3, -0.25) is 9.59 Å². The number of hydrogen-bond acceptors (Lipinski definition) is 5. The first-order valence-corrected chi connectivity index (χ1v) is 11.3. The molecule has 0 spiro atoms. The minimum absolute atomic E-state index is 0.103. The standard InChI is InChI=1S/C26H30N4O3/c1-19(2)21-7-9-22(10-8-21)30-25(31)12-11-24(27-30)28-13-15-29(16-14-28)26(32)18-20-5-4-6-23(17-20)33-3/h4-12,17,19H,13-16,18H2,1-3H3. The van der Waals surface area contributed by atoms with E-state index in [1.807, 2.05) is 53.4 Å². The summed E-state index contributed by atoms with van der Waals surface area (Å²) in [5.74, 6) is 2.02. The SMILES string of the molecule is COc1cccc(CC(=O)N2CCN(c3ccc(=O)n(-c4ccc(C(C)C)cc4)n3)CC2)c1. The third kappa shape index (κ3) is 5.25. The van der Waals surface area contributed by atoms with Gasteiger partial charge in [0, 0.05) is 32.2 Å². The molecule has 172 valence electrons. The summed E-state index contributed by atoms with van der Waals surface area (Å²) in [7, 11) is 1.62. The number of amides is 1. The maximum absolute atomic E-state index is 12.8. The summed E-state index contributed by atoms with van der Waals surface area (Å²) in [6.45, 7) is 6.85. The Morgan fingerprint density at radius 1 is 1.00 bits per heavy atom. The predicted octanol–water partition coefficient (Wildman–Crippen LogP) is 3.26. The number of nitrogens with zero attached hydrogens (tertiary/aromatic N) is 4. The normalized spacial score (nSPS) is 13.9. The number of anilines is 1. The second-order valence-electron chi connectivity index (χ2n) is 8.58. The van der Waals surface area contributed by atoms with Crippen LogP contribution < -0.4 is 15.2 Å². The Morgan fingerprint density at radius 2 is 1.73 bits per heavy atom. The van der Waals surface area contributed by atoms with Crippen molar-refractivity contribution in [1.29, 1.82) is 0 Å². The Balaban J connectivity index is 1.41. The molecule has 0 saturated carbocycles. The van der Waals surface area contributed by atoms with Crippen LogP contribution in [0.2, 0.25) is 0 Å². The highest BCUT2D eigenvalue weighted by Gasteiger charge is 2.22. The number of carbonyl (C=O) groups is 1. The number of benzene rings is 2. The van der Waals surface area contributed by atoms with Crippen LogP contribution >= 0.6 is 0 Å². The Bertz CT molecular complexity index is 1160. The molecule has 0 unspecified atom stereocenters. The molecule has 0 bridgehead atoms. The van der Waals surface area contributed by atoms with Crippen molar-refractivity contribution >= 4 is 11.7 Å². The first kappa shape index (κ1) is 22.6. The van der Waals surface area contributed by atoms with Crippen molar-refractivity contribution < 1.29 is 9.53 Å². The molecule has 33 heavy (non-hydrogen) atoms. The molecule has 2 heterocycles. The largest absolute Gasteiger partial charge is 0.497 e. The molecule has 0 aliphatic carbocycles. The molecule has 0 radical (unpaired) electrons. The number of carbonyl (C=O) groups excluding carboxylic acids is 1. The molecule has 4 rings (SSSR count). The van der Waals surface area contributed by atoms with E-state index in [1.54, 1.807) is 19.2 Å². The molecule has 1 fully saturated rings. The van der Waals surface area contributed by atoms with Crippen molar-refractivity contribution in [3.05, 3.63) is 82.1 Å². The molecule has 0 atom stereocenters. The van der Waals surface area contributed by atoms with Crippen LogP contribution in [0.3, 0.4) is 0 Å². The molecule has 3 aromatic rings. The van der Waals surface area contributed by atoms with E-state index < -0.39 is 0 Å². The quantitative estimate of drug-likeness (QED) is 0.582. The topological polar surface area (TPSA) is 67.7 Å². The highest BCUT2D eigenvalue weighted by molar-refractivity contribution is 5.79. The summed E-state index contributed by atoms with van der Waals surface area (Å²) in [4.78, 5) is 29.2. The van der Waals surface area contributed by atoms with E-state index in [0.29, 0.717) is 38.5 Å². The Morgan fingerprint density at radius 3 is 2.39 bits per heavy atom. The van der Waals surface area contributed by atoms with Gasteiger partial charge in [-0.2, -0.15) is 4.68 Å². The zero-order valence-corrected chi connectivity index (χ0v) is 19.4. The third-order valence-corrected chi connectivity index (χ3v) is 6.04. The van der Waals surface area contributed by atoms with Gasteiger partial charge in [0.25, 0.3) is 5.56 Å². The van der Waals surface area contributed by atoms with Crippen LogP contribution in [0.5, 0.6) is 5.75 Å². The van der Waals surface area contributed by atoms with Gasteiger partial charge in [-0.25, -0.2) is 0 Å². The molecule has 1 saturated heterocycles. The fourth-order valence-corrected chi connectivity index (χ4v) is 4.01. The van der Waals surface area contributed by atoms with Crippen LogP contribution in [0.1, 0.15) is 30.9 Å². The van der Waals surface area contributed by atoms with Crippen molar-refractivity contribution in [2.45, 2.75) is 26.2 Å². The zero-order chi connectivity index (χ0) is 23.4. The van der Waals surface area contributed by atoms with Gasteiger partial charge in [-0.05, 0) is 47.4 Å². The molecular weight excluding hydrogens is 416 g/mol. The Hall–Kier alpha value is -3.61. The van der Waals surface area contributed by atoms with Crippen molar-refractivity contribution in [1.82, 2.24) is 14.7 Å². The zero-order valence-electron chi connectivity index (χ0n) is 19.4. The van der Waals surface area contributed by atoms with Crippen molar-refractivity contribution in [2.75, 3.05) is 38.2 Å². The molecule has 7 nitrogen and oxygen atoms in total. The molecule has 0 N–H and O–H groups in total. The van der Waals surface area contributed by atoms with E-state index in [9.17, 15) is 9.59 Å². The summed E-state index contributed by atoms with van der Waals surface area (Å²) < 4.78 is 6.69. The van der Waals surface area contributed by atoms with Crippen LogP contribution in [0.4, 0.5) is 5.82 Å². The number of piperazine rings is 1. The molecular formula is C26H30N4O3. The number of ether oxygens (including phenoxy) is 1. The molecule has 1 aliphatic rings. The molecule has 7 heteroatoms. The van der Waals surface area contributed by atoms with E-state index in [2.05, 4.69) is 23.8 Å². The van der Waals surface area contributed by atoms with Gasteiger partial charge >= 0.3 is 0 Å². The van der Waals surface area contributed by atoms with E-state index in [-0.39, 0.29) is 11.5 Å². The van der Waals surface area contributed by atoms with Gasteiger partial charge in [0.2, 0.25) is 5.91 Å². The lowest BCUT2D eigenvalue weighted by Crippen LogP contribution is -2.49. The summed E-state index contributed by atoms with van der Waals surface area (Å²) in [5, 5.41) is 4.61. The second-order valence-corrected chi connectivity index (χ2v) is 8.58. The Kier molecular flexibility index (Phi) is 6.77. The van der Waals surface area contributed by atoms with Crippen LogP contribution in [0, 0.1) is 0 Å². The lowest BCUT2D eigenvalue weighted by Gasteiger charge is -2.35. The van der Waals surface area contributed by atoms with Gasteiger partial charge in [0.15, 0.2) is 0 Å². The lowest BCUT2D eigenvalue weighted by atomic mass is 10.0. The highest BCUT2D eigenvalue weighted by Crippen LogP contribution is 2.18. The van der Waals surface area contributed by atoms with Gasteiger partial charge in [-0.15, -0.1) is 5.10 Å². The summed E-state index contributed by atoms with van der Waals surface area (Å²) in [5.41, 5.74) is 2.75. The summed E-state index contributed by atoms with van der Waals surface area (Å²) in [6, 6.07) is 18.9. The first-order valence-electron chi connectivity index (χ1n) is 11.3. The minimum atomic E-state index is -0.164. The predicted molar refractivity (Wildman–Crippen MR) is 129 cm³/mol. The average molecular weight is 447 g/mol.